The molecule has 1 unspecified atom stereocenters. The third-order valence-electron chi connectivity index (χ3n) is 7.42. The van der Waals surface area contributed by atoms with E-state index in [0.717, 1.165) is 18.4 Å². The molecule has 0 aliphatic heterocycles. The Morgan fingerprint density at radius 2 is 1.71 bits per heavy atom. The van der Waals surface area contributed by atoms with E-state index in [0.29, 0.717) is 48.1 Å². The van der Waals surface area contributed by atoms with Crippen LogP contribution in [0.1, 0.15) is 83.1 Å². The second-order valence-electron chi connectivity index (χ2n) is 10.5. The Hall–Kier alpha value is -2.95. The number of hydrogen-bond acceptors (Lipinski definition) is 3. The van der Waals surface area contributed by atoms with E-state index in [2.05, 4.69) is 13.8 Å². The molecule has 1 aliphatic carbocycles. The fourth-order valence-corrected chi connectivity index (χ4v) is 5.26. The number of benzene rings is 2. The molecule has 0 spiro atoms. The SMILES string of the molecule is CC(C)CCN(C(=O)CCC1CCCC1)C(C)c1nc2ccccc2c(=O)n1Cc1ccccc1. The summed E-state index contributed by atoms with van der Waals surface area (Å²) in [5.74, 6) is 2.01. The number of para-hydroxylation sites is 1. The van der Waals surface area contributed by atoms with Crippen LogP contribution in [0.15, 0.2) is 59.4 Å². The normalized spacial score (nSPS) is 15.1. The number of rotatable bonds is 10. The van der Waals surface area contributed by atoms with Gasteiger partial charge in [-0.05, 0) is 49.3 Å². The fourth-order valence-electron chi connectivity index (χ4n) is 5.26. The molecule has 0 N–H and O–H groups in total. The first-order valence-corrected chi connectivity index (χ1v) is 13.3. The maximum atomic E-state index is 13.6. The van der Waals surface area contributed by atoms with Gasteiger partial charge in [0.05, 0.1) is 23.5 Å². The Labute approximate surface area is 209 Å². The third kappa shape index (κ3) is 6.19. The van der Waals surface area contributed by atoms with Crippen LogP contribution in [0.3, 0.4) is 0 Å². The number of hydrogen-bond donors (Lipinski definition) is 0. The number of nitrogens with zero attached hydrogens (tertiary/aromatic N) is 3. The van der Waals surface area contributed by atoms with Crippen LogP contribution in [0, 0.1) is 11.8 Å². The van der Waals surface area contributed by atoms with E-state index in [1.165, 1.54) is 25.7 Å². The van der Waals surface area contributed by atoms with Crippen LogP contribution in [0.4, 0.5) is 0 Å². The summed E-state index contributed by atoms with van der Waals surface area (Å²) in [5.41, 5.74) is 1.68. The monoisotopic (exact) mass is 473 g/mol. The maximum Gasteiger partial charge on any atom is 0.261 e. The van der Waals surface area contributed by atoms with Gasteiger partial charge < -0.3 is 4.90 Å². The molecular weight excluding hydrogens is 434 g/mol. The van der Waals surface area contributed by atoms with Crippen molar-refractivity contribution in [3.05, 3.63) is 76.3 Å². The Bertz CT molecular complexity index is 1180. The van der Waals surface area contributed by atoms with Crippen molar-refractivity contribution in [3.8, 4) is 0 Å². The van der Waals surface area contributed by atoms with Crippen LogP contribution in [0.2, 0.25) is 0 Å². The van der Waals surface area contributed by atoms with Crippen molar-refractivity contribution in [2.45, 2.75) is 78.3 Å². The molecule has 1 saturated carbocycles. The molecule has 0 bridgehead atoms. The summed E-state index contributed by atoms with van der Waals surface area (Å²) >= 11 is 0. The number of fused-ring (bicyclic) bond motifs is 1. The average Bonchev–Trinajstić information content (AvgIpc) is 3.38. The number of carbonyl (C=O) groups is 1. The van der Waals surface area contributed by atoms with Crippen molar-refractivity contribution < 1.29 is 4.79 Å². The third-order valence-corrected chi connectivity index (χ3v) is 7.42. The van der Waals surface area contributed by atoms with Gasteiger partial charge >= 0.3 is 0 Å². The Morgan fingerprint density at radius 1 is 1.03 bits per heavy atom. The van der Waals surface area contributed by atoms with Crippen LogP contribution < -0.4 is 5.56 Å². The largest absolute Gasteiger partial charge is 0.333 e. The second kappa shape index (κ2) is 11.7. The summed E-state index contributed by atoms with van der Waals surface area (Å²) in [4.78, 5) is 34.1. The minimum absolute atomic E-state index is 0.0523. The Morgan fingerprint density at radius 3 is 2.43 bits per heavy atom. The molecule has 1 fully saturated rings. The molecule has 5 nitrogen and oxygen atoms in total. The van der Waals surface area contributed by atoms with Gasteiger partial charge in [-0.1, -0.05) is 82.0 Å². The minimum atomic E-state index is -0.286. The van der Waals surface area contributed by atoms with Gasteiger partial charge in [0.1, 0.15) is 5.82 Å². The van der Waals surface area contributed by atoms with Crippen LogP contribution in [0.25, 0.3) is 10.9 Å². The maximum absolute atomic E-state index is 13.6. The number of amides is 1. The van der Waals surface area contributed by atoms with E-state index >= 15 is 0 Å². The predicted octanol–water partition coefficient (Wildman–Crippen LogP) is 6.35. The molecule has 0 saturated heterocycles. The lowest BCUT2D eigenvalue weighted by Crippen LogP contribution is -2.39. The molecule has 4 rings (SSSR count). The first-order valence-electron chi connectivity index (χ1n) is 13.3. The van der Waals surface area contributed by atoms with E-state index in [1.54, 1.807) is 4.57 Å². The van der Waals surface area contributed by atoms with Crippen molar-refractivity contribution in [1.82, 2.24) is 14.5 Å². The highest BCUT2D eigenvalue weighted by molar-refractivity contribution is 5.78. The van der Waals surface area contributed by atoms with Crippen molar-refractivity contribution in [3.63, 3.8) is 0 Å². The van der Waals surface area contributed by atoms with E-state index in [9.17, 15) is 9.59 Å². The summed E-state index contributed by atoms with van der Waals surface area (Å²) in [6.07, 6.45) is 7.54. The second-order valence-corrected chi connectivity index (χ2v) is 10.5. The van der Waals surface area contributed by atoms with Gasteiger partial charge in [-0.2, -0.15) is 0 Å². The Balaban J connectivity index is 1.70. The molecule has 1 aliphatic rings. The van der Waals surface area contributed by atoms with Crippen LogP contribution in [-0.4, -0.2) is 26.9 Å². The highest BCUT2D eigenvalue weighted by Gasteiger charge is 2.27. The standard InChI is InChI=1S/C30H39N3O2/c1-22(2)19-20-32(28(34)18-17-24-11-7-8-12-24)23(3)29-31-27-16-10-9-15-26(27)30(35)33(29)21-25-13-5-4-6-14-25/h4-6,9-10,13-16,22-24H,7-8,11-12,17-21H2,1-3H3. The topological polar surface area (TPSA) is 55.2 Å². The molecule has 5 heteroatoms. The lowest BCUT2D eigenvalue weighted by Gasteiger charge is -2.31. The zero-order chi connectivity index (χ0) is 24.8. The number of carbonyl (C=O) groups excluding carboxylic acids is 1. The van der Waals surface area contributed by atoms with Crippen molar-refractivity contribution in [1.29, 1.82) is 0 Å². The van der Waals surface area contributed by atoms with Crippen molar-refractivity contribution in [2.75, 3.05) is 6.54 Å². The zero-order valence-corrected chi connectivity index (χ0v) is 21.5. The van der Waals surface area contributed by atoms with E-state index in [1.807, 2.05) is 66.4 Å². The quantitative estimate of drug-likeness (QED) is 0.345. The smallest absolute Gasteiger partial charge is 0.261 e. The zero-order valence-electron chi connectivity index (χ0n) is 21.5. The van der Waals surface area contributed by atoms with Crippen molar-refractivity contribution >= 4 is 16.8 Å². The molecule has 1 amide bonds. The van der Waals surface area contributed by atoms with Gasteiger partial charge in [0, 0.05) is 13.0 Å². The lowest BCUT2D eigenvalue weighted by molar-refractivity contribution is -0.134. The average molecular weight is 474 g/mol. The van der Waals surface area contributed by atoms with Gasteiger partial charge in [0.15, 0.2) is 0 Å². The van der Waals surface area contributed by atoms with Gasteiger partial charge in [-0.15, -0.1) is 0 Å². The molecule has 1 heterocycles. The molecule has 35 heavy (non-hydrogen) atoms. The van der Waals surface area contributed by atoms with Crippen LogP contribution in [0.5, 0.6) is 0 Å². The number of aromatic nitrogens is 2. The van der Waals surface area contributed by atoms with Gasteiger partial charge in [-0.25, -0.2) is 4.98 Å². The molecule has 1 atom stereocenters. The predicted molar refractivity (Wildman–Crippen MR) is 142 cm³/mol. The van der Waals surface area contributed by atoms with Gasteiger partial charge in [0.2, 0.25) is 5.91 Å². The summed E-state index contributed by atoms with van der Waals surface area (Å²) < 4.78 is 1.77. The molecule has 186 valence electrons. The van der Waals surface area contributed by atoms with Gasteiger partial charge in [0.25, 0.3) is 5.56 Å². The molecule has 1 aromatic heterocycles. The summed E-state index contributed by atoms with van der Waals surface area (Å²) in [7, 11) is 0. The minimum Gasteiger partial charge on any atom is -0.333 e. The first-order chi connectivity index (χ1) is 16.9. The van der Waals surface area contributed by atoms with Crippen LogP contribution in [-0.2, 0) is 11.3 Å². The first kappa shape index (κ1) is 25.2. The molecule has 0 radical (unpaired) electrons. The molecule has 3 aromatic rings. The molecule has 2 aromatic carbocycles. The van der Waals surface area contributed by atoms with Crippen molar-refractivity contribution in [2.24, 2.45) is 11.8 Å². The highest BCUT2D eigenvalue weighted by Crippen LogP contribution is 2.30. The van der Waals surface area contributed by atoms with Gasteiger partial charge in [-0.3, -0.25) is 14.2 Å². The molecular formula is C30H39N3O2. The highest BCUT2D eigenvalue weighted by atomic mass is 16.2. The van der Waals surface area contributed by atoms with E-state index in [-0.39, 0.29) is 17.5 Å². The summed E-state index contributed by atoms with van der Waals surface area (Å²) in [5, 5.41) is 0.612. The van der Waals surface area contributed by atoms with E-state index < -0.39 is 0 Å². The summed E-state index contributed by atoms with van der Waals surface area (Å²) in [6, 6.07) is 17.2. The Kier molecular flexibility index (Phi) is 8.37. The fraction of sp³-hybridized carbons (Fsp3) is 0.500. The lowest BCUT2D eigenvalue weighted by atomic mass is 10.0. The van der Waals surface area contributed by atoms with Crippen LogP contribution >= 0.6 is 0 Å². The summed E-state index contributed by atoms with van der Waals surface area (Å²) in [6.45, 7) is 7.52. The van der Waals surface area contributed by atoms with E-state index in [4.69, 9.17) is 4.98 Å².